The molecule has 1 aromatic carbocycles. The molecule has 0 unspecified atom stereocenters. The van der Waals surface area contributed by atoms with Crippen LogP contribution in [0.1, 0.15) is 17.3 Å². The number of nitrogens with one attached hydrogen (secondary N) is 1. The number of rotatable bonds is 3. The van der Waals surface area contributed by atoms with E-state index in [0.717, 1.165) is 12.1 Å². The van der Waals surface area contributed by atoms with E-state index < -0.39 is 23.6 Å². The van der Waals surface area contributed by atoms with Crippen LogP contribution in [-0.2, 0) is 0 Å². The predicted molar refractivity (Wildman–Crippen MR) is 55.4 cm³/mol. The first-order valence-corrected chi connectivity index (χ1v) is 4.90. The van der Waals surface area contributed by atoms with Crippen molar-refractivity contribution in [3.8, 4) is 0 Å². The van der Waals surface area contributed by atoms with Crippen LogP contribution in [-0.4, -0.2) is 23.7 Å². The highest BCUT2D eigenvalue weighted by Gasteiger charge is 2.14. The van der Waals surface area contributed by atoms with E-state index in [0.29, 0.717) is 0 Å². The van der Waals surface area contributed by atoms with Crippen molar-refractivity contribution < 1.29 is 18.7 Å². The largest absolute Gasteiger partial charge is 0.392 e. The zero-order valence-electron chi connectivity index (χ0n) is 8.43. The summed E-state index contributed by atoms with van der Waals surface area (Å²) in [5.41, 5.74) is -0.166. The first-order valence-electron chi connectivity index (χ1n) is 4.52. The number of hydrogen-bond acceptors (Lipinski definition) is 2. The van der Waals surface area contributed by atoms with Crippen molar-refractivity contribution in [1.82, 2.24) is 5.32 Å². The second kappa shape index (κ2) is 5.23. The third-order valence-electron chi connectivity index (χ3n) is 1.81. The van der Waals surface area contributed by atoms with Crippen LogP contribution in [0.4, 0.5) is 8.78 Å². The van der Waals surface area contributed by atoms with Crippen molar-refractivity contribution in [2.45, 2.75) is 13.0 Å². The zero-order valence-corrected chi connectivity index (χ0v) is 9.18. The average Bonchev–Trinajstić information content (AvgIpc) is 2.20. The number of aliphatic hydroxyl groups excluding tert-OH is 1. The van der Waals surface area contributed by atoms with Gasteiger partial charge in [-0.15, -0.1) is 0 Å². The third-order valence-corrected chi connectivity index (χ3v) is 2.13. The molecule has 0 radical (unpaired) electrons. The molecule has 2 N–H and O–H groups in total. The van der Waals surface area contributed by atoms with Gasteiger partial charge in [0, 0.05) is 6.54 Å². The topological polar surface area (TPSA) is 49.3 Å². The monoisotopic (exact) mass is 249 g/mol. The molecule has 1 rings (SSSR count). The molecule has 0 aliphatic rings. The van der Waals surface area contributed by atoms with Crippen molar-refractivity contribution in [3.05, 3.63) is 34.4 Å². The van der Waals surface area contributed by atoms with Gasteiger partial charge in [-0.2, -0.15) is 0 Å². The highest BCUT2D eigenvalue weighted by molar-refractivity contribution is 6.33. The summed E-state index contributed by atoms with van der Waals surface area (Å²) in [5, 5.41) is 11.1. The molecule has 1 amide bonds. The fourth-order valence-corrected chi connectivity index (χ4v) is 1.27. The number of benzene rings is 1. The quantitative estimate of drug-likeness (QED) is 0.802. The van der Waals surface area contributed by atoms with Crippen LogP contribution in [0.3, 0.4) is 0 Å². The normalized spacial score (nSPS) is 12.3. The van der Waals surface area contributed by atoms with Gasteiger partial charge in [0.25, 0.3) is 5.91 Å². The number of hydrogen-bond donors (Lipinski definition) is 2. The standard InChI is InChI=1S/C10H10ClF2NO2/c1-5(15)4-14-10(16)6-2-8(12)9(13)3-7(6)11/h2-3,5,15H,4H2,1H3,(H,14,16)/t5-/m1/s1. The molecule has 0 aromatic heterocycles. The Hall–Kier alpha value is -1.20. The molecule has 0 aliphatic carbocycles. The van der Waals surface area contributed by atoms with E-state index in [9.17, 15) is 13.6 Å². The summed E-state index contributed by atoms with van der Waals surface area (Å²) in [6.45, 7) is 1.49. The second-order valence-corrected chi connectivity index (χ2v) is 3.71. The third kappa shape index (κ3) is 3.15. The van der Waals surface area contributed by atoms with E-state index in [1.165, 1.54) is 6.92 Å². The molecule has 6 heteroatoms. The second-order valence-electron chi connectivity index (χ2n) is 3.31. The maximum atomic E-state index is 12.9. The summed E-state index contributed by atoms with van der Waals surface area (Å²) in [7, 11) is 0. The number of carbonyl (C=O) groups excluding carboxylic acids is 1. The molecule has 0 saturated carbocycles. The van der Waals surface area contributed by atoms with Gasteiger partial charge < -0.3 is 10.4 Å². The maximum absolute atomic E-state index is 12.9. The van der Waals surface area contributed by atoms with Gasteiger partial charge in [0.05, 0.1) is 16.7 Å². The summed E-state index contributed by atoms with van der Waals surface area (Å²) in [6, 6.07) is 1.45. The van der Waals surface area contributed by atoms with Gasteiger partial charge in [-0.05, 0) is 19.1 Å². The molecule has 1 atom stereocenters. The van der Waals surface area contributed by atoms with Gasteiger partial charge in [0.15, 0.2) is 11.6 Å². The summed E-state index contributed by atoms with van der Waals surface area (Å²) >= 11 is 5.58. The van der Waals surface area contributed by atoms with Gasteiger partial charge in [-0.25, -0.2) is 8.78 Å². The predicted octanol–water partition coefficient (Wildman–Crippen LogP) is 1.73. The SMILES string of the molecule is C[C@@H](O)CNC(=O)c1cc(F)c(F)cc1Cl. The summed E-state index contributed by atoms with van der Waals surface area (Å²) in [5.74, 6) is -2.92. The molecule has 88 valence electrons. The molecule has 0 spiro atoms. The maximum Gasteiger partial charge on any atom is 0.252 e. The molecule has 1 aromatic rings. The number of halogens is 3. The zero-order chi connectivity index (χ0) is 12.3. The van der Waals surface area contributed by atoms with E-state index in [-0.39, 0.29) is 17.1 Å². The molecule has 0 heterocycles. The van der Waals surface area contributed by atoms with E-state index >= 15 is 0 Å². The Labute approximate surface area is 96.0 Å². The average molecular weight is 250 g/mol. The van der Waals surface area contributed by atoms with E-state index in [4.69, 9.17) is 16.7 Å². The minimum absolute atomic E-state index is 0.00809. The number of amides is 1. The highest BCUT2D eigenvalue weighted by atomic mass is 35.5. The van der Waals surface area contributed by atoms with Crippen molar-refractivity contribution in [2.24, 2.45) is 0 Å². The van der Waals surface area contributed by atoms with Crippen molar-refractivity contribution in [1.29, 1.82) is 0 Å². The lowest BCUT2D eigenvalue weighted by molar-refractivity contribution is 0.0923. The van der Waals surface area contributed by atoms with Crippen LogP contribution in [0.5, 0.6) is 0 Å². The van der Waals surface area contributed by atoms with Crippen LogP contribution in [0, 0.1) is 11.6 Å². The minimum atomic E-state index is -1.15. The Kier molecular flexibility index (Phi) is 4.20. The molecular weight excluding hydrogens is 240 g/mol. The van der Waals surface area contributed by atoms with Gasteiger partial charge in [-0.3, -0.25) is 4.79 Å². The van der Waals surface area contributed by atoms with Crippen LogP contribution >= 0.6 is 11.6 Å². The first-order chi connectivity index (χ1) is 7.41. The van der Waals surface area contributed by atoms with Crippen molar-refractivity contribution in [2.75, 3.05) is 6.54 Å². The number of carbonyl (C=O) groups is 1. The highest BCUT2D eigenvalue weighted by Crippen LogP contribution is 2.19. The van der Waals surface area contributed by atoms with Gasteiger partial charge >= 0.3 is 0 Å². The first kappa shape index (κ1) is 12.9. The molecule has 16 heavy (non-hydrogen) atoms. The van der Waals surface area contributed by atoms with Crippen LogP contribution in [0.25, 0.3) is 0 Å². The van der Waals surface area contributed by atoms with Crippen molar-refractivity contribution >= 4 is 17.5 Å². The lowest BCUT2D eigenvalue weighted by Crippen LogP contribution is -2.30. The van der Waals surface area contributed by atoms with Crippen LogP contribution in [0.15, 0.2) is 12.1 Å². The van der Waals surface area contributed by atoms with E-state index in [1.807, 2.05) is 0 Å². The summed E-state index contributed by atoms with van der Waals surface area (Å²) in [4.78, 5) is 11.4. The van der Waals surface area contributed by atoms with Crippen LogP contribution in [0.2, 0.25) is 5.02 Å². The fourth-order valence-electron chi connectivity index (χ4n) is 1.03. The molecule has 3 nitrogen and oxygen atoms in total. The molecule has 0 saturated heterocycles. The van der Waals surface area contributed by atoms with Crippen LogP contribution < -0.4 is 5.32 Å². The Bertz CT molecular complexity index is 410. The van der Waals surface area contributed by atoms with E-state index in [1.54, 1.807) is 0 Å². The molecule has 0 fully saturated rings. The lowest BCUT2D eigenvalue weighted by Gasteiger charge is -2.08. The van der Waals surface area contributed by atoms with Gasteiger partial charge in [0.1, 0.15) is 0 Å². The summed E-state index contributed by atoms with van der Waals surface area (Å²) < 4.78 is 25.6. The van der Waals surface area contributed by atoms with Crippen molar-refractivity contribution in [3.63, 3.8) is 0 Å². The van der Waals surface area contributed by atoms with E-state index in [2.05, 4.69) is 5.32 Å². The molecule has 0 aliphatic heterocycles. The summed E-state index contributed by atoms with van der Waals surface area (Å²) in [6.07, 6.45) is -0.729. The Morgan fingerprint density at radius 2 is 2.06 bits per heavy atom. The minimum Gasteiger partial charge on any atom is -0.392 e. The van der Waals surface area contributed by atoms with Gasteiger partial charge in [0.2, 0.25) is 0 Å². The fraction of sp³-hybridized carbons (Fsp3) is 0.300. The Balaban J connectivity index is 2.87. The Morgan fingerprint density at radius 1 is 1.50 bits per heavy atom. The molecular formula is C10H10ClF2NO2. The van der Waals surface area contributed by atoms with Gasteiger partial charge in [-0.1, -0.05) is 11.6 Å². The Morgan fingerprint density at radius 3 is 2.62 bits per heavy atom. The lowest BCUT2D eigenvalue weighted by atomic mass is 10.2. The smallest absolute Gasteiger partial charge is 0.252 e. The number of aliphatic hydroxyl groups is 1. The molecule has 0 bridgehead atoms.